The van der Waals surface area contributed by atoms with Crippen molar-refractivity contribution in [1.82, 2.24) is 0 Å². The average Bonchev–Trinajstić information content (AvgIpc) is 2.51. The van der Waals surface area contributed by atoms with Gasteiger partial charge in [-0.1, -0.05) is 0 Å². The molecule has 0 saturated heterocycles. The molecule has 0 heterocycles. The number of carboxylic acids is 4. The van der Waals surface area contributed by atoms with Crippen molar-refractivity contribution in [3.05, 3.63) is 0 Å². The third kappa shape index (κ3) is 2.10. The maximum atomic E-state index is 11.0. The number of aliphatic carboxylic acids is 4. The summed E-state index contributed by atoms with van der Waals surface area (Å²) in [6.07, 6.45) is 0. The Hall–Kier alpha value is -1.83. The van der Waals surface area contributed by atoms with Crippen molar-refractivity contribution in [3.8, 4) is 0 Å². The summed E-state index contributed by atoms with van der Waals surface area (Å²) < 4.78 is 0. The average molecular weight is 281 g/mol. The van der Waals surface area contributed by atoms with Crippen LogP contribution in [-0.4, -0.2) is 49.7 Å². The summed E-state index contributed by atoms with van der Waals surface area (Å²) in [7, 11) is 0. The van der Waals surface area contributed by atoms with Gasteiger partial charge in [0.25, 0.3) is 0 Å². The first-order valence-electron chi connectivity index (χ1n) is 4.75. The Bertz CT molecular complexity index is 381. The molecule has 0 amide bonds. The highest BCUT2D eigenvalue weighted by Gasteiger charge is 2.61. The molecule has 4 atom stereocenters. The zero-order chi connectivity index (χ0) is 14.2. The van der Waals surface area contributed by atoms with Crippen molar-refractivity contribution in [2.24, 2.45) is 23.7 Å². The molecule has 0 bridgehead atoms. The second kappa shape index (κ2) is 4.81. The summed E-state index contributed by atoms with van der Waals surface area (Å²) in [6, 6.07) is 0. The van der Waals surface area contributed by atoms with Gasteiger partial charge in [-0.25, -0.2) is 0 Å². The molecule has 0 spiro atoms. The topological polar surface area (TPSA) is 149 Å². The van der Waals surface area contributed by atoms with Crippen LogP contribution in [0.3, 0.4) is 0 Å². The minimum atomic E-state index is -1.87. The van der Waals surface area contributed by atoms with E-state index in [1.165, 1.54) is 0 Å². The van der Waals surface area contributed by atoms with E-state index in [4.69, 9.17) is 32.0 Å². The second-order valence-electron chi connectivity index (χ2n) is 3.90. The third-order valence-corrected chi connectivity index (χ3v) is 3.53. The van der Waals surface area contributed by atoms with Gasteiger partial charge in [0.1, 0.15) is 0 Å². The van der Waals surface area contributed by atoms with E-state index in [1.54, 1.807) is 0 Å². The van der Waals surface area contributed by atoms with E-state index in [2.05, 4.69) is 0 Å². The van der Waals surface area contributed by atoms with E-state index in [0.717, 1.165) is 0 Å². The largest absolute Gasteiger partial charge is 0.481 e. The summed E-state index contributed by atoms with van der Waals surface area (Å²) in [6.45, 7) is 0. The molecular weight excluding hydrogens is 272 g/mol. The van der Waals surface area contributed by atoms with Crippen LogP contribution in [0.1, 0.15) is 0 Å². The predicted octanol–water partition coefficient (Wildman–Crippen LogP) is -0.589. The lowest BCUT2D eigenvalue weighted by Crippen LogP contribution is -2.35. The first kappa shape index (κ1) is 14.2. The second-order valence-corrected chi connectivity index (χ2v) is 4.40. The van der Waals surface area contributed by atoms with Crippen LogP contribution in [0.4, 0.5) is 0 Å². The molecule has 1 aliphatic carbocycles. The molecule has 9 heteroatoms. The van der Waals surface area contributed by atoms with Crippen molar-refractivity contribution in [2.75, 3.05) is 0 Å². The van der Waals surface area contributed by atoms with Crippen LogP contribution < -0.4 is 0 Å². The summed E-state index contributed by atoms with van der Waals surface area (Å²) in [5.41, 5.74) is 0. The minimum absolute atomic E-state index is 1.60. The Balaban J connectivity index is 3.33. The van der Waals surface area contributed by atoms with Gasteiger partial charge < -0.3 is 20.4 Å². The number of carbonyl (C=O) groups is 4. The molecule has 100 valence electrons. The molecule has 8 nitrogen and oxygen atoms in total. The molecule has 4 unspecified atom stereocenters. The van der Waals surface area contributed by atoms with Gasteiger partial charge in [0, 0.05) is 0 Å². The van der Waals surface area contributed by atoms with Gasteiger partial charge in [0.05, 0.1) is 29.0 Å². The molecule has 1 saturated carbocycles. The minimum Gasteiger partial charge on any atom is -0.481 e. The third-order valence-electron chi connectivity index (χ3n) is 2.99. The van der Waals surface area contributed by atoms with E-state index >= 15 is 0 Å². The zero-order valence-corrected chi connectivity index (χ0v) is 9.44. The molecule has 4 N–H and O–H groups in total. The standard InChI is InChI=1S/C9H9ClO8/c10-5-3(8(15)16)1(6(11)12)2(7(13)14)4(5)9(17)18/h1-5H,(H,11,12)(H,13,14)(H,15,16)(H,17,18). The van der Waals surface area contributed by atoms with E-state index < -0.39 is 52.9 Å². The fraction of sp³-hybridized carbons (Fsp3) is 0.556. The number of carboxylic acid groups (broad SMARTS) is 4. The highest BCUT2D eigenvalue weighted by atomic mass is 35.5. The van der Waals surface area contributed by atoms with Gasteiger partial charge in [-0.05, 0) is 0 Å². The van der Waals surface area contributed by atoms with Crippen molar-refractivity contribution in [3.63, 3.8) is 0 Å². The molecule has 1 aliphatic rings. The molecular formula is C9H9ClO8. The van der Waals surface area contributed by atoms with Gasteiger partial charge >= 0.3 is 23.9 Å². The van der Waals surface area contributed by atoms with Crippen molar-refractivity contribution in [1.29, 1.82) is 0 Å². The SMILES string of the molecule is O=C(O)C1C(Cl)C(C(=O)O)C(C(=O)O)C1C(=O)O. The van der Waals surface area contributed by atoms with Crippen molar-refractivity contribution in [2.45, 2.75) is 5.38 Å². The Morgan fingerprint density at radius 2 is 0.833 bits per heavy atom. The highest BCUT2D eigenvalue weighted by molar-refractivity contribution is 6.24. The molecule has 0 aromatic carbocycles. The molecule has 1 fully saturated rings. The highest BCUT2D eigenvalue weighted by Crippen LogP contribution is 2.45. The molecule has 0 aliphatic heterocycles. The van der Waals surface area contributed by atoms with Crippen LogP contribution in [-0.2, 0) is 19.2 Å². The predicted molar refractivity (Wildman–Crippen MR) is 54.1 cm³/mol. The molecule has 18 heavy (non-hydrogen) atoms. The lowest BCUT2D eigenvalue weighted by atomic mass is 9.87. The van der Waals surface area contributed by atoms with Crippen molar-refractivity contribution < 1.29 is 39.6 Å². The fourth-order valence-electron chi connectivity index (χ4n) is 2.26. The van der Waals surface area contributed by atoms with E-state index in [0.29, 0.717) is 0 Å². The Morgan fingerprint density at radius 1 is 0.611 bits per heavy atom. The molecule has 0 aromatic rings. The van der Waals surface area contributed by atoms with Crippen LogP contribution >= 0.6 is 11.6 Å². The number of hydrogen-bond acceptors (Lipinski definition) is 4. The molecule has 0 radical (unpaired) electrons. The molecule has 0 aromatic heterocycles. The fourth-order valence-corrected chi connectivity index (χ4v) is 2.79. The van der Waals surface area contributed by atoms with Crippen LogP contribution in [0, 0.1) is 23.7 Å². The number of rotatable bonds is 4. The lowest BCUT2D eigenvalue weighted by Gasteiger charge is -2.15. The normalized spacial score (nSPS) is 35.1. The van der Waals surface area contributed by atoms with Crippen LogP contribution in [0.15, 0.2) is 0 Å². The van der Waals surface area contributed by atoms with Crippen LogP contribution in [0.25, 0.3) is 0 Å². The van der Waals surface area contributed by atoms with Gasteiger partial charge in [-0.2, -0.15) is 0 Å². The van der Waals surface area contributed by atoms with E-state index in [1.807, 2.05) is 0 Å². The number of hydrogen-bond donors (Lipinski definition) is 4. The Morgan fingerprint density at radius 3 is 1.00 bits per heavy atom. The summed E-state index contributed by atoms with van der Waals surface area (Å²) >= 11 is 5.62. The zero-order valence-electron chi connectivity index (χ0n) is 8.69. The summed E-state index contributed by atoms with van der Waals surface area (Å²) in [4.78, 5) is 43.8. The monoisotopic (exact) mass is 280 g/mol. The van der Waals surface area contributed by atoms with E-state index in [-0.39, 0.29) is 0 Å². The quantitative estimate of drug-likeness (QED) is 0.499. The Kier molecular flexibility index (Phi) is 3.80. The number of alkyl halides is 1. The smallest absolute Gasteiger partial charge is 0.308 e. The lowest BCUT2D eigenvalue weighted by molar-refractivity contribution is -0.160. The van der Waals surface area contributed by atoms with Gasteiger partial charge in [-0.3, -0.25) is 19.2 Å². The summed E-state index contributed by atoms with van der Waals surface area (Å²) in [5.74, 6) is -13.9. The van der Waals surface area contributed by atoms with E-state index in [9.17, 15) is 19.2 Å². The maximum absolute atomic E-state index is 11.0. The van der Waals surface area contributed by atoms with Gasteiger partial charge in [0.2, 0.25) is 0 Å². The molecule has 1 rings (SSSR count). The van der Waals surface area contributed by atoms with Crippen molar-refractivity contribution >= 4 is 35.5 Å². The summed E-state index contributed by atoms with van der Waals surface area (Å²) in [5, 5.41) is 33.9. The maximum Gasteiger partial charge on any atom is 0.308 e. The van der Waals surface area contributed by atoms with Gasteiger partial charge in [0.15, 0.2) is 0 Å². The first-order chi connectivity index (χ1) is 8.20. The van der Waals surface area contributed by atoms with Crippen LogP contribution in [0.5, 0.6) is 0 Å². The van der Waals surface area contributed by atoms with Gasteiger partial charge in [-0.15, -0.1) is 11.6 Å². The first-order valence-corrected chi connectivity index (χ1v) is 5.19. The number of halogens is 1. The van der Waals surface area contributed by atoms with Crippen LogP contribution in [0.2, 0.25) is 0 Å². The Labute approximate surface area is 105 Å².